The average molecular weight is 284 g/mol. The number of halogens is 1. The summed E-state index contributed by atoms with van der Waals surface area (Å²) in [6.07, 6.45) is 0. The number of aryl methyl sites for hydroxylation is 1. The molecule has 2 aromatic carbocycles. The molecule has 0 aliphatic carbocycles. The van der Waals surface area contributed by atoms with Crippen molar-refractivity contribution in [3.63, 3.8) is 0 Å². The number of rotatable bonds is 4. The highest BCUT2D eigenvalue weighted by Crippen LogP contribution is 2.26. The van der Waals surface area contributed by atoms with Crippen LogP contribution in [0.1, 0.15) is 35.2 Å². The van der Waals surface area contributed by atoms with E-state index in [0.29, 0.717) is 11.3 Å². The Labute approximate surface area is 123 Å². The standard InChI is InChI=1S/C17H17FN2O/c1-11-6-7-16(15(8-11)12(2)20)21-10-14-5-3-4-13(9-19)17(14)18/h3-8,12H,10,20H2,1-2H3/t12-/m1/s1. The Morgan fingerprint density at radius 1 is 1.33 bits per heavy atom. The van der Waals surface area contributed by atoms with E-state index in [-0.39, 0.29) is 18.2 Å². The first-order valence-corrected chi connectivity index (χ1v) is 6.69. The summed E-state index contributed by atoms with van der Waals surface area (Å²) in [5.41, 5.74) is 8.28. The molecular weight excluding hydrogens is 267 g/mol. The van der Waals surface area contributed by atoms with Crippen LogP contribution in [0.4, 0.5) is 4.39 Å². The second kappa shape index (κ2) is 6.38. The van der Waals surface area contributed by atoms with Crippen molar-refractivity contribution in [2.45, 2.75) is 26.5 Å². The first kappa shape index (κ1) is 15.0. The van der Waals surface area contributed by atoms with Gasteiger partial charge in [0.25, 0.3) is 0 Å². The van der Waals surface area contributed by atoms with Crippen LogP contribution in [0.15, 0.2) is 36.4 Å². The van der Waals surface area contributed by atoms with Crippen LogP contribution in [0.3, 0.4) is 0 Å². The third kappa shape index (κ3) is 3.39. The molecule has 0 fully saturated rings. The molecule has 4 heteroatoms. The van der Waals surface area contributed by atoms with Crippen molar-refractivity contribution >= 4 is 0 Å². The Hall–Kier alpha value is -2.38. The Balaban J connectivity index is 2.23. The van der Waals surface area contributed by atoms with Gasteiger partial charge in [0.15, 0.2) is 0 Å². The third-order valence-corrected chi connectivity index (χ3v) is 3.24. The average Bonchev–Trinajstić information content (AvgIpc) is 2.47. The third-order valence-electron chi connectivity index (χ3n) is 3.24. The molecule has 1 atom stereocenters. The van der Waals surface area contributed by atoms with Crippen LogP contribution in [0.5, 0.6) is 5.75 Å². The Kier molecular flexibility index (Phi) is 4.56. The summed E-state index contributed by atoms with van der Waals surface area (Å²) in [7, 11) is 0. The maximum atomic E-state index is 14.0. The Morgan fingerprint density at radius 3 is 2.76 bits per heavy atom. The van der Waals surface area contributed by atoms with E-state index in [4.69, 9.17) is 15.7 Å². The van der Waals surface area contributed by atoms with Crippen molar-refractivity contribution in [1.82, 2.24) is 0 Å². The molecule has 0 saturated carbocycles. The fraction of sp³-hybridized carbons (Fsp3) is 0.235. The molecule has 2 N–H and O–H groups in total. The summed E-state index contributed by atoms with van der Waals surface area (Å²) >= 11 is 0. The van der Waals surface area contributed by atoms with Crippen LogP contribution in [0, 0.1) is 24.1 Å². The molecule has 21 heavy (non-hydrogen) atoms. The number of hydrogen-bond donors (Lipinski definition) is 1. The van der Waals surface area contributed by atoms with Gasteiger partial charge in [-0.1, -0.05) is 29.8 Å². The van der Waals surface area contributed by atoms with Crippen molar-refractivity contribution < 1.29 is 9.13 Å². The lowest BCUT2D eigenvalue weighted by Gasteiger charge is -2.15. The van der Waals surface area contributed by atoms with Crippen LogP contribution in [-0.2, 0) is 6.61 Å². The fourth-order valence-corrected chi connectivity index (χ4v) is 2.09. The molecule has 0 aromatic heterocycles. The highest BCUT2D eigenvalue weighted by atomic mass is 19.1. The van der Waals surface area contributed by atoms with Gasteiger partial charge in [-0.2, -0.15) is 5.26 Å². The molecule has 3 nitrogen and oxygen atoms in total. The Morgan fingerprint density at radius 2 is 2.10 bits per heavy atom. The molecule has 0 aliphatic rings. The molecule has 0 aliphatic heterocycles. The van der Waals surface area contributed by atoms with Crippen molar-refractivity contribution in [1.29, 1.82) is 5.26 Å². The molecule has 0 spiro atoms. The highest BCUT2D eigenvalue weighted by molar-refractivity contribution is 5.39. The van der Waals surface area contributed by atoms with Gasteiger partial charge >= 0.3 is 0 Å². The van der Waals surface area contributed by atoms with Gasteiger partial charge in [0.2, 0.25) is 0 Å². The monoisotopic (exact) mass is 284 g/mol. The van der Waals surface area contributed by atoms with E-state index < -0.39 is 5.82 Å². The minimum atomic E-state index is -0.533. The second-order valence-corrected chi connectivity index (χ2v) is 5.01. The largest absolute Gasteiger partial charge is 0.488 e. The van der Waals surface area contributed by atoms with Crippen LogP contribution in [0.2, 0.25) is 0 Å². The summed E-state index contributed by atoms with van der Waals surface area (Å²) in [5, 5.41) is 8.83. The summed E-state index contributed by atoms with van der Waals surface area (Å²) in [4.78, 5) is 0. The van der Waals surface area contributed by atoms with Gasteiger partial charge in [-0.3, -0.25) is 0 Å². The van der Waals surface area contributed by atoms with Gasteiger partial charge in [0.05, 0.1) is 5.56 Å². The maximum absolute atomic E-state index is 14.0. The smallest absolute Gasteiger partial charge is 0.147 e. The SMILES string of the molecule is Cc1ccc(OCc2cccc(C#N)c2F)c([C@@H](C)N)c1. The predicted molar refractivity (Wildman–Crippen MR) is 79.2 cm³/mol. The molecule has 0 radical (unpaired) electrons. The molecule has 0 bridgehead atoms. The summed E-state index contributed by atoms with van der Waals surface area (Å²) in [6, 6.07) is 12.1. The van der Waals surface area contributed by atoms with Crippen LogP contribution in [-0.4, -0.2) is 0 Å². The van der Waals surface area contributed by atoms with Crippen LogP contribution < -0.4 is 10.5 Å². The van der Waals surface area contributed by atoms with E-state index >= 15 is 0 Å². The summed E-state index contributed by atoms with van der Waals surface area (Å²) in [6.45, 7) is 3.91. The van der Waals surface area contributed by atoms with E-state index in [1.54, 1.807) is 12.1 Å². The van der Waals surface area contributed by atoms with E-state index in [2.05, 4.69) is 0 Å². The molecule has 108 valence electrons. The molecular formula is C17H17FN2O. The lowest BCUT2D eigenvalue weighted by Crippen LogP contribution is -2.09. The predicted octanol–water partition coefficient (Wildman–Crippen LogP) is 3.60. The highest BCUT2D eigenvalue weighted by Gasteiger charge is 2.11. The molecule has 0 unspecified atom stereocenters. The van der Waals surface area contributed by atoms with Crippen molar-refractivity contribution in [3.8, 4) is 11.8 Å². The van der Waals surface area contributed by atoms with Gasteiger partial charge in [-0.05, 0) is 26.0 Å². The van der Waals surface area contributed by atoms with Crippen molar-refractivity contribution in [3.05, 3.63) is 64.5 Å². The lowest BCUT2D eigenvalue weighted by molar-refractivity contribution is 0.295. The van der Waals surface area contributed by atoms with E-state index in [1.165, 1.54) is 6.07 Å². The summed E-state index contributed by atoms with van der Waals surface area (Å²) < 4.78 is 19.7. The molecule has 0 amide bonds. The van der Waals surface area contributed by atoms with Crippen LogP contribution in [0.25, 0.3) is 0 Å². The molecule has 0 heterocycles. The maximum Gasteiger partial charge on any atom is 0.147 e. The first-order chi connectivity index (χ1) is 10.0. The number of nitrogens with zero attached hydrogens (tertiary/aromatic N) is 1. The van der Waals surface area contributed by atoms with Gasteiger partial charge in [0, 0.05) is 17.2 Å². The normalized spacial score (nSPS) is 11.8. The minimum absolute atomic E-state index is 0.0208. The fourth-order valence-electron chi connectivity index (χ4n) is 2.09. The number of benzene rings is 2. The topological polar surface area (TPSA) is 59.0 Å². The summed E-state index contributed by atoms with van der Waals surface area (Å²) in [5.74, 6) is 0.104. The van der Waals surface area contributed by atoms with Crippen molar-refractivity contribution in [2.24, 2.45) is 5.73 Å². The molecule has 0 saturated heterocycles. The zero-order valence-corrected chi connectivity index (χ0v) is 12.1. The van der Waals surface area contributed by atoms with Crippen molar-refractivity contribution in [2.75, 3.05) is 0 Å². The van der Waals surface area contributed by atoms with Gasteiger partial charge < -0.3 is 10.5 Å². The number of hydrogen-bond acceptors (Lipinski definition) is 3. The van der Waals surface area contributed by atoms with E-state index in [1.807, 2.05) is 38.1 Å². The van der Waals surface area contributed by atoms with Crippen LogP contribution >= 0.6 is 0 Å². The second-order valence-electron chi connectivity index (χ2n) is 5.01. The number of nitriles is 1. The van der Waals surface area contributed by atoms with Gasteiger partial charge in [-0.25, -0.2) is 4.39 Å². The van der Waals surface area contributed by atoms with Gasteiger partial charge in [0.1, 0.15) is 24.2 Å². The van der Waals surface area contributed by atoms with E-state index in [9.17, 15) is 4.39 Å². The zero-order valence-electron chi connectivity index (χ0n) is 12.1. The minimum Gasteiger partial charge on any atom is -0.488 e. The number of nitrogens with two attached hydrogens (primary N) is 1. The first-order valence-electron chi connectivity index (χ1n) is 6.69. The Bertz CT molecular complexity index is 690. The lowest BCUT2D eigenvalue weighted by atomic mass is 10.1. The van der Waals surface area contributed by atoms with Gasteiger partial charge in [-0.15, -0.1) is 0 Å². The zero-order chi connectivity index (χ0) is 15.4. The quantitative estimate of drug-likeness (QED) is 0.933. The molecule has 2 rings (SSSR count). The van der Waals surface area contributed by atoms with E-state index in [0.717, 1.165) is 11.1 Å². The number of ether oxygens (including phenoxy) is 1. The molecule has 2 aromatic rings.